The number of imide groups is 1. The second-order valence-corrected chi connectivity index (χ2v) is 6.80. The summed E-state index contributed by atoms with van der Waals surface area (Å²) in [6.45, 7) is 15.1. The molecule has 0 N–H and O–H groups in total. The van der Waals surface area contributed by atoms with Gasteiger partial charge in [-0.05, 0) is 25.7 Å². The molecule has 0 unspecified atom stereocenters. The summed E-state index contributed by atoms with van der Waals surface area (Å²) < 4.78 is 0. The van der Waals surface area contributed by atoms with E-state index in [1.807, 2.05) is 13.8 Å². The van der Waals surface area contributed by atoms with Crippen molar-refractivity contribution in [1.29, 1.82) is 0 Å². The van der Waals surface area contributed by atoms with Crippen LogP contribution in [0.15, 0.2) is 0 Å². The van der Waals surface area contributed by atoms with Gasteiger partial charge in [-0.15, -0.1) is 0 Å². The molecule has 0 bridgehead atoms. The first-order valence-electron chi connectivity index (χ1n) is 7.55. The Bertz CT molecular complexity index is 343. The van der Waals surface area contributed by atoms with Crippen molar-refractivity contribution in [2.45, 2.75) is 47.6 Å². The van der Waals surface area contributed by atoms with Gasteiger partial charge in [0.05, 0.1) is 6.67 Å². The molecule has 0 aromatic rings. The molecule has 0 spiro atoms. The second kappa shape index (κ2) is 7.07. The minimum absolute atomic E-state index is 0.0661. The lowest BCUT2D eigenvalue weighted by molar-refractivity contribution is -0.126. The lowest BCUT2D eigenvalue weighted by Gasteiger charge is -2.30. The molecule has 0 aromatic heterocycles. The fourth-order valence-corrected chi connectivity index (χ4v) is 2.65. The van der Waals surface area contributed by atoms with Gasteiger partial charge in [-0.2, -0.15) is 0 Å². The third-order valence-electron chi connectivity index (χ3n) is 3.21. The third kappa shape index (κ3) is 4.47. The molecule has 1 saturated heterocycles. The average Bonchev–Trinajstić information content (AvgIpc) is 2.51. The zero-order chi connectivity index (χ0) is 15.4. The first kappa shape index (κ1) is 17.0. The average molecular weight is 283 g/mol. The number of carbonyl (C=O) groups is 2. The van der Waals surface area contributed by atoms with Gasteiger partial charge in [0.25, 0.3) is 5.91 Å². The highest BCUT2D eigenvalue weighted by atomic mass is 16.2. The standard InChI is InChI=1S/C15H29N3O2/c1-11(2)7-16(8-12(3)4)10-17-9-14(19)18(13(5)6)15(17)20/h11-13H,7-10H2,1-6H3. The molecule has 1 fully saturated rings. The molecule has 20 heavy (non-hydrogen) atoms. The third-order valence-corrected chi connectivity index (χ3v) is 3.21. The molecule has 0 atom stereocenters. The van der Waals surface area contributed by atoms with E-state index < -0.39 is 0 Å². The van der Waals surface area contributed by atoms with Gasteiger partial charge < -0.3 is 4.90 Å². The van der Waals surface area contributed by atoms with Crippen LogP contribution < -0.4 is 0 Å². The molecular weight excluding hydrogens is 254 g/mol. The van der Waals surface area contributed by atoms with Crippen molar-refractivity contribution in [3.8, 4) is 0 Å². The lowest BCUT2D eigenvalue weighted by atomic mass is 10.1. The van der Waals surface area contributed by atoms with Gasteiger partial charge in [0, 0.05) is 19.1 Å². The molecule has 1 rings (SSSR count). The van der Waals surface area contributed by atoms with Crippen molar-refractivity contribution < 1.29 is 9.59 Å². The zero-order valence-corrected chi connectivity index (χ0v) is 13.7. The van der Waals surface area contributed by atoms with Gasteiger partial charge in [-0.1, -0.05) is 27.7 Å². The normalized spacial score (nSPS) is 16.7. The van der Waals surface area contributed by atoms with E-state index in [1.165, 1.54) is 4.90 Å². The summed E-state index contributed by atoms with van der Waals surface area (Å²) in [5.41, 5.74) is 0. The van der Waals surface area contributed by atoms with Gasteiger partial charge in [-0.3, -0.25) is 14.6 Å². The number of carbonyl (C=O) groups excluding carboxylic acids is 2. The summed E-state index contributed by atoms with van der Waals surface area (Å²) in [5, 5.41) is 0. The van der Waals surface area contributed by atoms with Crippen molar-refractivity contribution in [2.75, 3.05) is 26.3 Å². The van der Waals surface area contributed by atoms with Crippen LogP contribution in [0.3, 0.4) is 0 Å². The van der Waals surface area contributed by atoms with Crippen LogP contribution in [0.5, 0.6) is 0 Å². The maximum atomic E-state index is 12.3. The number of nitrogens with zero attached hydrogens (tertiary/aromatic N) is 3. The zero-order valence-electron chi connectivity index (χ0n) is 13.7. The van der Waals surface area contributed by atoms with E-state index >= 15 is 0 Å². The Hall–Kier alpha value is -1.10. The van der Waals surface area contributed by atoms with Gasteiger partial charge in [0.15, 0.2) is 0 Å². The predicted octanol–water partition coefficient (Wildman–Crippen LogP) is 2.23. The Morgan fingerprint density at radius 2 is 1.50 bits per heavy atom. The first-order valence-corrected chi connectivity index (χ1v) is 7.55. The highest BCUT2D eigenvalue weighted by Gasteiger charge is 2.38. The first-order chi connectivity index (χ1) is 9.22. The molecule has 116 valence electrons. The van der Waals surface area contributed by atoms with E-state index in [2.05, 4.69) is 32.6 Å². The summed E-state index contributed by atoms with van der Waals surface area (Å²) >= 11 is 0. The van der Waals surface area contributed by atoms with Crippen molar-refractivity contribution in [3.63, 3.8) is 0 Å². The topological polar surface area (TPSA) is 43.9 Å². The van der Waals surface area contributed by atoms with Crippen LogP contribution in [0.2, 0.25) is 0 Å². The fraction of sp³-hybridized carbons (Fsp3) is 0.867. The summed E-state index contributed by atoms with van der Waals surface area (Å²) in [6, 6.07) is -0.217. The van der Waals surface area contributed by atoms with Crippen molar-refractivity contribution in [2.24, 2.45) is 11.8 Å². The Labute approximate surface area is 122 Å². The predicted molar refractivity (Wildman–Crippen MR) is 80.2 cm³/mol. The molecule has 0 saturated carbocycles. The largest absolute Gasteiger partial charge is 0.328 e. The van der Waals surface area contributed by atoms with Crippen LogP contribution in [-0.4, -0.2) is 59.0 Å². The van der Waals surface area contributed by atoms with Crippen molar-refractivity contribution >= 4 is 11.9 Å². The van der Waals surface area contributed by atoms with E-state index in [-0.39, 0.29) is 24.5 Å². The van der Waals surface area contributed by atoms with Gasteiger partial charge >= 0.3 is 6.03 Å². The molecule has 0 aliphatic carbocycles. The van der Waals surface area contributed by atoms with Crippen LogP contribution >= 0.6 is 0 Å². The summed E-state index contributed by atoms with van der Waals surface area (Å²) in [7, 11) is 0. The van der Waals surface area contributed by atoms with Crippen molar-refractivity contribution in [1.82, 2.24) is 14.7 Å². The molecule has 1 aliphatic rings. The van der Waals surface area contributed by atoms with Gasteiger partial charge in [-0.25, -0.2) is 4.79 Å². The maximum absolute atomic E-state index is 12.3. The number of hydrogen-bond donors (Lipinski definition) is 0. The molecule has 5 heteroatoms. The van der Waals surface area contributed by atoms with Crippen LogP contribution in [0.25, 0.3) is 0 Å². The van der Waals surface area contributed by atoms with Gasteiger partial charge in [0.2, 0.25) is 0 Å². The highest BCUT2D eigenvalue weighted by molar-refractivity contribution is 6.02. The Kier molecular flexibility index (Phi) is 5.99. The van der Waals surface area contributed by atoms with Crippen LogP contribution in [0.1, 0.15) is 41.5 Å². The molecule has 3 amide bonds. The maximum Gasteiger partial charge on any atom is 0.328 e. The molecule has 0 aromatic carbocycles. The van der Waals surface area contributed by atoms with Crippen LogP contribution in [0.4, 0.5) is 4.79 Å². The van der Waals surface area contributed by atoms with Crippen LogP contribution in [-0.2, 0) is 4.79 Å². The molecule has 1 aliphatic heterocycles. The Balaban J connectivity index is 2.69. The lowest BCUT2D eigenvalue weighted by Crippen LogP contribution is -2.44. The summed E-state index contributed by atoms with van der Waals surface area (Å²) in [4.78, 5) is 29.5. The molecule has 5 nitrogen and oxygen atoms in total. The quantitative estimate of drug-likeness (QED) is 0.673. The van der Waals surface area contributed by atoms with E-state index in [0.717, 1.165) is 13.1 Å². The Morgan fingerprint density at radius 1 is 1.00 bits per heavy atom. The number of hydrogen-bond acceptors (Lipinski definition) is 3. The number of amides is 3. The molecule has 0 radical (unpaired) electrons. The van der Waals surface area contributed by atoms with E-state index in [0.29, 0.717) is 18.5 Å². The van der Waals surface area contributed by atoms with Gasteiger partial charge in [0.1, 0.15) is 6.54 Å². The van der Waals surface area contributed by atoms with E-state index in [1.54, 1.807) is 4.90 Å². The molecular formula is C15H29N3O2. The minimum Gasteiger partial charge on any atom is -0.302 e. The summed E-state index contributed by atoms with van der Waals surface area (Å²) in [5.74, 6) is 1.01. The summed E-state index contributed by atoms with van der Waals surface area (Å²) in [6.07, 6.45) is 0. The number of rotatable bonds is 7. The fourth-order valence-electron chi connectivity index (χ4n) is 2.65. The van der Waals surface area contributed by atoms with Crippen LogP contribution in [0, 0.1) is 11.8 Å². The second-order valence-electron chi connectivity index (χ2n) is 6.80. The SMILES string of the molecule is CC(C)CN(CC(C)C)CN1CC(=O)N(C(C)C)C1=O. The van der Waals surface area contributed by atoms with E-state index in [9.17, 15) is 9.59 Å². The minimum atomic E-state index is -0.150. The number of urea groups is 1. The van der Waals surface area contributed by atoms with Crippen molar-refractivity contribution in [3.05, 3.63) is 0 Å². The highest BCUT2D eigenvalue weighted by Crippen LogP contribution is 2.15. The Morgan fingerprint density at radius 3 is 1.85 bits per heavy atom. The monoisotopic (exact) mass is 283 g/mol. The molecule has 1 heterocycles. The van der Waals surface area contributed by atoms with E-state index in [4.69, 9.17) is 0 Å². The smallest absolute Gasteiger partial charge is 0.302 e.